The summed E-state index contributed by atoms with van der Waals surface area (Å²) in [5.74, 6) is 1.59. The molecule has 2 rings (SSSR count). The fourth-order valence-corrected chi connectivity index (χ4v) is 2.98. The highest BCUT2D eigenvalue weighted by molar-refractivity contribution is 5.06. The Balaban J connectivity index is 2.14. The zero-order valence-electron chi connectivity index (χ0n) is 9.06. The van der Waals surface area contributed by atoms with Gasteiger partial charge in [-0.05, 0) is 38.1 Å². The standard InChI is InChI=1S/C11H22N2/c1-8(2)11(3)9-5-4-6-12-10(9)7-13-11/h8-10,12-13H,4-7H2,1-3H3. The molecule has 0 aromatic rings. The number of rotatable bonds is 1. The third kappa shape index (κ3) is 1.40. The van der Waals surface area contributed by atoms with Gasteiger partial charge in [-0.3, -0.25) is 0 Å². The van der Waals surface area contributed by atoms with Gasteiger partial charge in [0.15, 0.2) is 0 Å². The van der Waals surface area contributed by atoms with Gasteiger partial charge in [-0.25, -0.2) is 0 Å². The molecule has 2 heterocycles. The van der Waals surface area contributed by atoms with E-state index in [1.54, 1.807) is 0 Å². The minimum atomic E-state index is 0.373. The Morgan fingerprint density at radius 1 is 1.38 bits per heavy atom. The molecule has 0 spiro atoms. The maximum absolute atomic E-state index is 3.71. The van der Waals surface area contributed by atoms with Crippen molar-refractivity contribution < 1.29 is 0 Å². The van der Waals surface area contributed by atoms with Crippen LogP contribution in [0.25, 0.3) is 0 Å². The molecule has 0 saturated carbocycles. The molecular formula is C11H22N2. The highest BCUT2D eigenvalue weighted by Crippen LogP contribution is 2.37. The Hall–Kier alpha value is -0.0800. The molecule has 13 heavy (non-hydrogen) atoms. The first-order valence-corrected chi connectivity index (χ1v) is 5.63. The number of hydrogen-bond donors (Lipinski definition) is 2. The van der Waals surface area contributed by atoms with Crippen molar-refractivity contribution in [1.29, 1.82) is 0 Å². The lowest BCUT2D eigenvalue weighted by atomic mass is 9.73. The summed E-state index contributed by atoms with van der Waals surface area (Å²) in [5.41, 5.74) is 0.373. The Morgan fingerprint density at radius 3 is 2.85 bits per heavy atom. The highest BCUT2D eigenvalue weighted by Gasteiger charge is 2.47. The van der Waals surface area contributed by atoms with Crippen LogP contribution < -0.4 is 10.6 Å². The van der Waals surface area contributed by atoms with Crippen molar-refractivity contribution in [3.8, 4) is 0 Å². The molecule has 3 atom stereocenters. The van der Waals surface area contributed by atoms with Gasteiger partial charge in [0.05, 0.1) is 0 Å². The molecule has 0 aromatic heterocycles. The number of fused-ring (bicyclic) bond motifs is 1. The average molecular weight is 182 g/mol. The van der Waals surface area contributed by atoms with Crippen molar-refractivity contribution >= 4 is 0 Å². The monoisotopic (exact) mass is 182 g/mol. The summed E-state index contributed by atoms with van der Waals surface area (Å²) in [5, 5.41) is 7.34. The van der Waals surface area contributed by atoms with E-state index in [2.05, 4.69) is 31.4 Å². The van der Waals surface area contributed by atoms with Crippen LogP contribution in [0, 0.1) is 11.8 Å². The van der Waals surface area contributed by atoms with Gasteiger partial charge in [-0.1, -0.05) is 13.8 Å². The van der Waals surface area contributed by atoms with Crippen LogP contribution in [0.2, 0.25) is 0 Å². The number of piperidine rings is 1. The van der Waals surface area contributed by atoms with Gasteiger partial charge in [0, 0.05) is 18.1 Å². The maximum atomic E-state index is 3.71. The molecule has 0 aliphatic carbocycles. The lowest BCUT2D eigenvalue weighted by Crippen LogP contribution is -2.50. The van der Waals surface area contributed by atoms with Crippen molar-refractivity contribution in [3.63, 3.8) is 0 Å². The van der Waals surface area contributed by atoms with Crippen molar-refractivity contribution in [2.75, 3.05) is 13.1 Å². The van der Waals surface area contributed by atoms with Crippen molar-refractivity contribution in [2.24, 2.45) is 11.8 Å². The highest BCUT2D eigenvalue weighted by atomic mass is 15.1. The maximum Gasteiger partial charge on any atom is 0.0238 e. The first kappa shape index (κ1) is 9.47. The quantitative estimate of drug-likeness (QED) is 0.640. The van der Waals surface area contributed by atoms with Crippen LogP contribution in [-0.2, 0) is 0 Å². The van der Waals surface area contributed by atoms with E-state index in [-0.39, 0.29) is 0 Å². The Bertz CT molecular complexity index is 191. The smallest absolute Gasteiger partial charge is 0.0238 e. The predicted octanol–water partition coefficient (Wildman–Crippen LogP) is 1.37. The molecule has 2 nitrogen and oxygen atoms in total. The summed E-state index contributed by atoms with van der Waals surface area (Å²) in [6, 6.07) is 0.737. The predicted molar refractivity (Wildman–Crippen MR) is 55.8 cm³/mol. The van der Waals surface area contributed by atoms with Crippen LogP contribution in [0.4, 0.5) is 0 Å². The zero-order valence-corrected chi connectivity index (χ0v) is 9.06. The minimum Gasteiger partial charge on any atom is -0.312 e. The molecule has 2 aliphatic heterocycles. The van der Waals surface area contributed by atoms with Crippen molar-refractivity contribution in [3.05, 3.63) is 0 Å². The summed E-state index contributed by atoms with van der Waals surface area (Å²) >= 11 is 0. The first-order chi connectivity index (χ1) is 6.14. The second-order valence-corrected chi connectivity index (χ2v) is 5.13. The topological polar surface area (TPSA) is 24.1 Å². The summed E-state index contributed by atoms with van der Waals surface area (Å²) in [6.07, 6.45) is 2.75. The van der Waals surface area contributed by atoms with Gasteiger partial charge in [0.25, 0.3) is 0 Å². The van der Waals surface area contributed by atoms with E-state index in [4.69, 9.17) is 0 Å². The second kappa shape index (κ2) is 3.25. The molecule has 0 radical (unpaired) electrons. The van der Waals surface area contributed by atoms with Gasteiger partial charge >= 0.3 is 0 Å². The Morgan fingerprint density at radius 2 is 2.15 bits per heavy atom. The van der Waals surface area contributed by atoms with Gasteiger partial charge in [0.1, 0.15) is 0 Å². The molecule has 2 saturated heterocycles. The van der Waals surface area contributed by atoms with Gasteiger partial charge in [-0.15, -0.1) is 0 Å². The van der Waals surface area contributed by atoms with E-state index in [1.807, 2.05) is 0 Å². The van der Waals surface area contributed by atoms with E-state index >= 15 is 0 Å². The molecule has 2 aliphatic rings. The molecule has 2 N–H and O–H groups in total. The Kier molecular flexibility index (Phi) is 2.37. The zero-order chi connectivity index (χ0) is 9.47. The lowest BCUT2D eigenvalue weighted by Gasteiger charge is -2.39. The first-order valence-electron chi connectivity index (χ1n) is 5.63. The normalized spacial score (nSPS) is 45.2. The minimum absolute atomic E-state index is 0.373. The van der Waals surface area contributed by atoms with Crippen molar-refractivity contribution in [2.45, 2.75) is 45.2 Å². The fourth-order valence-electron chi connectivity index (χ4n) is 2.98. The van der Waals surface area contributed by atoms with E-state index in [0.717, 1.165) is 17.9 Å². The van der Waals surface area contributed by atoms with Crippen LogP contribution in [0.1, 0.15) is 33.6 Å². The van der Waals surface area contributed by atoms with Crippen LogP contribution >= 0.6 is 0 Å². The van der Waals surface area contributed by atoms with E-state index < -0.39 is 0 Å². The second-order valence-electron chi connectivity index (χ2n) is 5.13. The summed E-state index contributed by atoms with van der Waals surface area (Å²) in [6.45, 7) is 9.46. The summed E-state index contributed by atoms with van der Waals surface area (Å²) < 4.78 is 0. The largest absolute Gasteiger partial charge is 0.312 e. The molecule has 0 bridgehead atoms. The van der Waals surface area contributed by atoms with Gasteiger partial charge in [-0.2, -0.15) is 0 Å². The molecule has 3 unspecified atom stereocenters. The molecule has 0 aromatic carbocycles. The van der Waals surface area contributed by atoms with Crippen molar-refractivity contribution in [1.82, 2.24) is 10.6 Å². The van der Waals surface area contributed by atoms with Crippen LogP contribution in [-0.4, -0.2) is 24.7 Å². The van der Waals surface area contributed by atoms with E-state index in [9.17, 15) is 0 Å². The fraction of sp³-hybridized carbons (Fsp3) is 1.00. The summed E-state index contributed by atoms with van der Waals surface area (Å²) in [7, 11) is 0. The van der Waals surface area contributed by atoms with E-state index in [1.165, 1.54) is 25.9 Å². The lowest BCUT2D eigenvalue weighted by molar-refractivity contribution is 0.175. The molecule has 0 amide bonds. The molecular weight excluding hydrogens is 160 g/mol. The molecule has 2 heteroatoms. The van der Waals surface area contributed by atoms with Crippen LogP contribution in [0.15, 0.2) is 0 Å². The third-order valence-electron chi connectivity index (χ3n) is 4.26. The Labute approximate surface area is 81.5 Å². The number of hydrogen-bond acceptors (Lipinski definition) is 2. The van der Waals surface area contributed by atoms with Gasteiger partial charge < -0.3 is 10.6 Å². The average Bonchev–Trinajstić information content (AvgIpc) is 2.47. The van der Waals surface area contributed by atoms with Crippen LogP contribution in [0.5, 0.6) is 0 Å². The SMILES string of the molecule is CC(C)C1(C)NCC2NCCCC21. The van der Waals surface area contributed by atoms with E-state index in [0.29, 0.717) is 5.54 Å². The number of nitrogens with one attached hydrogen (secondary N) is 2. The van der Waals surface area contributed by atoms with Gasteiger partial charge in [0.2, 0.25) is 0 Å². The summed E-state index contributed by atoms with van der Waals surface area (Å²) in [4.78, 5) is 0. The molecule has 2 fully saturated rings. The van der Waals surface area contributed by atoms with Crippen LogP contribution in [0.3, 0.4) is 0 Å². The molecule has 76 valence electrons. The third-order valence-corrected chi connectivity index (χ3v) is 4.26.